The first-order chi connectivity index (χ1) is 15.8. The van der Waals surface area contributed by atoms with Gasteiger partial charge in [-0.15, -0.1) is 0 Å². The SMILES string of the molecule is CCCCCOc1ccc(C(=O)Nc2ccc(S(=O)(=O)Nc3cc(C)cc(C)c3)cc2)cc1. The summed E-state index contributed by atoms with van der Waals surface area (Å²) in [5.74, 6) is 0.449. The molecule has 0 saturated carbocycles. The minimum absolute atomic E-state index is 0.115. The number of anilines is 2. The largest absolute Gasteiger partial charge is 0.494 e. The van der Waals surface area contributed by atoms with Crippen molar-refractivity contribution in [2.24, 2.45) is 0 Å². The summed E-state index contributed by atoms with van der Waals surface area (Å²) >= 11 is 0. The van der Waals surface area contributed by atoms with Crippen molar-refractivity contribution in [3.05, 3.63) is 83.4 Å². The molecule has 0 heterocycles. The van der Waals surface area contributed by atoms with Gasteiger partial charge in [-0.1, -0.05) is 25.8 Å². The van der Waals surface area contributed by atoms with Crippen molar-refractivity contribution < 1.29 is 17.9 Å². The van der Waals surface area contributed by atoms with Gasteiger partial charge < -0.3 is 10.1 Å². The molecule has 174 valence electrons. The van der Waals surface area contributed by atoms with E-state index in [9.17, 15) is 13.2 Å². The number of hydrogen-bond acceptors (Lipinski definition) is 4. The molecule has 0 aromatic heterocycles. The predicted molar refractivity (Wildman–Crippen MR) is 133 cm³/mol. The maximum atomic E-state index is 12.7. The van der Waals surface area contributed by atoms with E-state index in [-0.39, 0.29) is 10.8 Å². The molecule has 0 aliphatic heterocycles. The summed E-state index contributed by atoms with van der Waals surface area (Å²) in [5.41, 5.74) is 3.46. The molecule has 2 N–H and O–H groups in total. The van der Waals surface area contributed by atoms with Crippen molar-refractivity contribution in [1.82, 2.24) is 0 Å². The Bertz CT molecular complexity index is 1170. The van der Waals surface area contributed by atoms with Crippen LogP contribution in [-0.4, -0.2) is 20.9 Å². The molecule has 0 saturated heterocycles. The number of benzene rings is 3. The zero-order valence-electron chi connectivity index (χ0n) is 19.2. The number of unbranched alkanes of at least 4 members (excludes halogenated alkanes) is 2. The molecule has 6 nitrogen and oxygen atoms in total. The molecule has 1 amide bonds. The summed E-state index contributed by atoms with van der Waals surface area (Å²) in [6.07, 6.45) is 3.27. The first kappa shape index (κ1) is 24.3. The van der Waals surface area contributed by atoms with Crippen LogP contribution in [-0.2, 0) is 10.0 Å². The lowest BCUT2D eigenvalue weighted by molar-refractivity contribution is 0.102. The molecule has 0 aliphatic rings. The minimum Gasteiger partial charge on any atom is -0.494 e. The lowest BCUT2D eigenvalue weighted by atomic mass is 10.1. The number of aryl methyl sites for hydroxylation is 2. The molecule has 0 radical (unpaired) electrons. The smallest absolute Gasteiger partial charge is 0.261 e. The average molecular weight is 467 g/mol. The molecule has 3 aromatic rings. The summed E-state index contributed by atoms with van der Waals surface area (Å²) in [7, 11) is -3.74. The second kappa shape index (κ2) is 11.0. The van der Waals surface area contributed by atoms with Crippen LogP contribution in [0.1, 0.15) is 47.7 Å². The van der Waals surface area contributed by atoms with Crippen LogP contribution in [0.4, 0.5) is 11.4 Å². The molecule has 33 heavy (non-hydrogen) atoms. The summed E-state index contributed by atoms with van der Waals surface area (Å²) in [6.45, 7) is 6.63. The molecular formula is C26H30N2O4S. The normalized spacial score (nSPS) is 11.1. The van der Waals surface area contributed by atoms with E-state index < -0.39 is 10.0 Å². The third-order valence-electron chi connectivity index (χ3n) is 5.03. The highest BCUT2D eigenvalue weighted by atomic mass is 32.2. The van der Waals surface area contributed by atoms with Gasteiger partial charge >= 0.3 is 0 Å². The van der Waals surface area contributed by atoms with Crippen LogP contribution in [0.2, 0.25) is 0 Å². The topological polar surface area (TPSA) is 84.5 Å². The monoisotopic (exact) mass is 466 g/mol. The number of carbonyl (C=O) groups excluding carboxylic acids is 1. The molecule has 0 fully saturated rings. The van der Waals surface area contributed by atoms with E-state index in [0.29, 0.717) is 23.5 Å². The van der Waals surface area contributed by atoms with Gasteiger partial charge in [0, 0.05) is 16.9 Å². The average Bonchev–Trinajstić information content (AvgIpc) is 2.76. The molecule has 0 bridgehead atoms. The van der Waals surface area contributed by atoms with Crippen molar-refractivity contribution in [3.8, 4) is 5.75 Å². The van der Waals surface area contributed by atoms with Crippen LogP contribution < -0.4 is 14.8 Å². The number of nitrogens with one attached hydrogen (secondary N) is 2. The number of ether oxygens (including phenoxy) is 1. The van der Waals surface area contributed by atoms with Gasteiger partial charge in [0.25, 0.3) is 15.9 Å². The van der Waals surface area contributed by atoms with Gasteiger partial charge in [0.2, 0.25) is 0 Å². The number of amides is 1. The lowest BCUT2D eigenvalue weighted by Crippen LogP contribution is -2.14. The lowest BCUT2D eigenvalue weighted by Gasteiger charge is -2.11. The number of carbonyl (C=O) groups is 1. The Hall–Kier alpha value is -3.32. The van der Waals surface area contributed by atoms with Gasteiger partial charge in [-0.25, -0.2) is 8.42 Å². The van der Waals surface area contributed by atoms with Crippen LogP contribution in [0.15, 0.2) is 71.6 Å². The summed E-state index contributed by atoms with van der Waals surface area (Å²) in [4.78, 5) is 12.6. The molecular weight excluding hydrogens is 436 g/mol. The molecule has 0 unspecified atom stereocenters. The Kier molecular flexibility index (Phi) is 8.11. The third-order valence-corrected chi connectivity index (χ3v) is 6.43. The van der Waals surface area contributed by atoms with Crippen LogP contribution in [0.5, 0.6) is 5.75 Å². The highest BCUT2D eigenvalue weighted by molar-refractivity contribution is 7.92. The van der Waals surface area contributed by atoms with Gasteiger partial charge in [-0.05, 0) is 92.1 Å². The van der Waals surface area contributed by atoms with E-state index in [1.165, 1.54) is 12.1 Å². The Morgan fingerprint density at radius 1 is 0.848 bits per heavy atom. The maximum Gasteiger partial charge on any atom is 0.261 e. The van der Waals surface area contributed by atoms with E-state index in [4.69, 9.17) is 4.74 Å². The first-order valence-corrected chi connectivity index (χ1v) is 12.5. The van der Waals surface area contributed by atoms with E-state index in [1.54, 1.807) is 48.5 Å². The van der Waals surface area contributed by atoms with Crippen LogP contribution in [0.3, 0.4) is 0 Å². The van der Waals surface area contributed by atoms with Gasteiger partial charge in [-0.2, -0.15) is 0 Å². The number of sulfonamides is 1. The van der Waals surface area contributed by atoms with Crippen molar-refractivity contribution in [2.75, 3.05) is 16.6 Å². The van der Waals surface area contributed by atoms with Crippen LogP contribution in [0, 0.1) is 13.8 Å². The fourth-order valence-electron chi connectivity index (χ4n) is 3.41. The van der Waals surface area contributed by atoms with E-state index in [0.717, 1.165) is 36.1 Å². The number of hydrogen-bond donors (Lipinski definition) is 2. The van der Waals surface area contributed by atoms with E-state index in [1.807, 2.05) is 19.9 Å². The Balaban J connectivity index is 1.61. The minimum atomic E-state index is -3.74. The van der Waals surface area contributed by atoms with Gasteiger partial charge in [0.05, 0.1) is 11.5 Å². The summed E-state index contributed by atoms with van der Waals surface area (Å²) in [6, 6.07) is 18.6. The van der Waals surface area contributed by atoms with Crippen molar-refractivity contribution >= 4 is 27.3 Å². The van der Waals surface area contributed by atoms with Crippen LogP contribution >= 0.6 is 0 Å². The predicted octanol–water partition coefficient (Wildman–Crippen LogP) is 5.93. The molecule has 3 rings (SSSR count). The second-order valence-electron chi connectivity index (χ2n) is 8.04. The van der Waals surface area contributed by atoms with E-state index >= 15 is 0 Å². The fourth-order valence-corrected chi connectivity index (χ4v) is 4.45. The van der Waals surface area contributed by atoms with Gasteiger partial charge in [0.15, 0.2) is 0 Å². The Morgan fingerprint density at radius 3 is 2.09 bits per heavy atom. The van der Waals surface area contributed by atoms with Gasteiger partial charge in [-0.3, -0.25) is 9.52 Å². The van der Waals surface area contributed by atoms with Crippen molar-refractivity contribution in [3.63, 3.8) is 0 Å². The number of rotatable bonds is 10. The molecule has 3 aromatic carbocycles. The van der Waals surface area contributed by atoms with Gasteiger partial charge in [0.1, 0.15) is 5.75 Å². The molecule has 7 heteroatoms. The highest BCUT2D eigenvalue weighted by Crippen LogP contribution is 2.21. The summed E-state index contributed by atoms with van der Waals surface area (Å²) < 4.78 is 33.7. The zero-order valence-corrected chi connectivity index (χ0v) is 20.0. The second-order valence-corrected chi connectivity index (χ2v) is 9.72. The Labute approximate surface area is 196 Å². The zero-order chi connectivity index (χ0) is 23.8. The first-order valence-electron chi connectivity index (χ1n) is 11.0. The van der Waals surface area contributed by atoms with Crippen LogP contribution in [0.25, 0.3) is 0 Å². The quantitative estimate of drug-likeness (QED) is 0.363. The molecule has 0 atom stereocenters. The molecule has 0 spiro atoms. The van der Waals surface area contributed by atoms with E-state index in [2.05, 4.69) is 17.0 Å². The van der Waals surface area contributed by atoms with Crippen molar-refractivity contribution in [1.29, 1.82) is 0 Å². The summed E-state index contributed by atoms with van der Waals surface area (Å²) in [5, 5.41) is 2.79. The molecule has 0 aliphatic carbocycles. The fraction of sp³-hybridized carbons (Fsp3) is 0.269. The van der Waals surface area contributed by atoms with Crippen molar-refractivity contribution in [2.45, 2.75) is 44.9 Å². The maximum absolute atomic E-state index is 12.7. The highest BCUT2D eigenvalue weighted by Gasteiger charge is 2.15. The Morgan fingerprint density at radius 2 is 1.48 bits per heavy atom. The standard InChI is InChI=1S/C26H30N2O4S/c1-4-5-6-15-32-24-11-7-21(8-12-24)26(29)27-22-9-13-25(14-10-22)33(30,31)28-23-17-19(2)16-20(3)18-23/h7-14,16-18,28H,4-6,15H2,1-3H3,(H,27,29). The third kappa shape index (κ3) is 7.08.